The maximum atomic E-state index is 6.33. The number of aromatic nitrogens is 3. The SMILES string of the molecule is Clc1cc(-c2ccc(-c3cccc4c3[nH]c3ccccc34)cc2)nc(-c2ccccc2)n1. The van der Waals surface area contributed by atoms with Crippen LogP contribution in [0.3, 0.4) is 0 Å². The second-order valence-electron chi connectivity index (χ2n) is 7.74. The molecule has 0 amide bonds. The van der Waals surface area contributed by atoms with Gasteiger partial charge in [-0.25, -0.2) is 9.97 Å². The fourth-order valence-electron chi connectivity index (χ4n) is 4.22. The molecule has 0 bridgehead atoms. The maximum Gasteiger partial charge on any atom is 0.161 e. The van der Waals surface area contributed by atoms with Crippen molar-refractivity contribution in [3.8, 4) is 33.8 Å². The van der Waals surface area contributed by atoms with Gasteiger partial charge in [-0.1, -0.05) is 103 Å². The monoisotopic (exact) mass is 431 g/mol. The molecule has 0 aliphatic rings. The number of fused-ring (bicyclic) bond motifs is 3. The Morgan fingerprint density at radius 1 is 0.594 bits per heavy atom. The van der Waals surface area contributed by atoms with E-state index in [1.807, 2.05) is 30.3 Å². The van der Waals surface area contributed by atoms with E-state index in [1.54, 1.807) is 6.07 Å². The molecule has 6 aromatic rings. The first-order valence-electron chi connectivity index (χ1n) is 10.5. The zero-order chi connectivity index (χ0) is 21.5. The van der Waals surface area contributed by atoms with Gasteiger partial charge in [0.2, 0.25) is 0 Å². The van der Waals surface area contributed by atoms with Crippen molar-refractivity contribution in [1.82, 2.24) is 15.0 Å². The summed E-state index contributed by atoms with van der Waals surface area (Å²) < 4.78 is 0. The molecular formula is C28H18ClN3. The lowest BCUT2D eigenvalue weighted by molar-refractivity contribution is 1.18. The third kappa shape index (κ3) is 3.24. The predicted molar refractivity (Wildman–Crippen MR) is 133 cm³/mol. The zero-order valence-corrected chi connectivity index (χ0v) is 17.8. The topological polar surface area (TPSA) is 41.6 Å². The molecule has 0 saturated carbocycles. The van der Waals surface area contributed by atoms with Crippen molar-refractivity contribution in [2.24, 2.45) is 0 Å². The van der Waals surface area contributed by atoms with Crippen molar-refractivity contribution >= 4 is 33.4 Å². The molecule has 0 radical (unpaired) electrons. The van der Waals surface area contributed by atoms with Gasteiger partial charge in [0.25, 0.3) is 0 Å². The van der Waals surface area contributed by atoms with Crippen LogP contribution < -0.4 is 0 Å². The van der Waals surface area contributed by atoms with Gasteiger partial charge in [0.05, 0.1) is 11.2 Å². The van der Waals surface area contributed by atoms with Crippen LogP contribution in [0.1, 0.15) is 0 Å². The molecule has 1 N–H and O–H groups in total. The lowest BCUT2D eigenvalue weighted by Gasteiger charge is -2.08. The Hall–Kier alpha value is -3.95. The van der Waals surface area contributed by atoms with E-state index in [9.17, 15) is 0 Å². The first-order valence-corrected chi connectivity index (χ1v) is 10.8. The number of nitrogens with zero attached hydrogens (tertiary/aromatic N) is 2. The van der Waals surface area contributed by atoms with E-state index in [4.69, 9.17) is 16.6 Å². The van der Waals surface area contributed by atoms with Crippen LogP contribution in [-0.4, -0.2) is 15.0 Å². The number of rotatable bonds is 3. The second kappa shape index (κ2) is 7.63. The molecule has 0 atom stereocenters. The minimum atomic E-state index is 0.431. The van der Waals surface area contributed by atoms with Crippen LogP contribution in [0.15, 0.2) is 103 Å². The lowest BCUT2D eigenvalue weighted by atomic mass is 10.00. The van der Waals surface area contributed by atoms with Crippen molar-refractivity contribution in [2.75, 3.05) is 0 Å². The first kappa shape index (κ1) is 18.8. The number of nitrogens with one attached hydrogen (secondary N) is 1. The molecule has 0 spiro atoms. The number of benzene rings is 4. The molecule has 152 valence electrons. The third-order valence-electron chi connectivity index (χ3n) is 5.76. The summed E-state index contributed by atoms with van der Waals surface area (Å²) in [6.07, 6.45) is 0. The van der Waals surface area contributed by atoms with Gasteiger partial charge >= 0.3 is 0 Å². The molecule has 0 aliphatic carbocycles. The highest BCUT2D eigenvalue weighted by Crippen LogP contribution is 2.34. The van der Waals surface area contributed by atoms with Crippen LogP contribution in [0.5, 0.6) is 0 Å². The molecule has 0 saturated heterocycles. The smallest absolute Gasteiger partial charge is 0.161 e. The van der Waals surface area contributed by atoms with E-state index in [0.29, 0.717) is 11.0 Å². The minimum absolute atomic E-state index is 0.431. The Balaban J connectivity index is 1.42. The van der Waals surface area contributed by atoms with Gasteiger partial charge in [0.15, 0.2) is 5.82 Å². The molecule has 3 nitrogen and oxygen atoms in total. The van der Waals surface area contributed by atoms with Crippen molar-refractivity contribution in [3.63, 3.8) is 0 Å². The van der Waals surface area contributed by atoms with E-state index >= 15 is 0 Å². The normalized spacial score (nSPS) is 11.3. The first-order chi connectivity index (χ1) is 15.8. The second-order valence-corrected chi connectivity index (χ2v) is 8.13. The molecule has 4 heteroatoms. The van der Waals surface area contributed by atoms with E-state index in [0.717, 1.165) is 33.4 Å². The summed E-state index contributed by atoms with van der Waals surface area (Å²) in [6.45, 7) is 0. The molecular weight excluding hydrogens is 414 g/mol. The van der Waals surface area contributed by atoms with E-state index < -0.39 is 0 Å². The molecule has 2 heterocycles. The summed E-state index contributed by atoms with van der Waals surface area (Å²) in [4.78, 5) is 12.7. The summed E-state index contributed by atoms with van der Waals surface area (Å²) >= 11 is 6.33. The van der Waals surface area contributed by atoms with Crippen LogP contribution in [0, 0.1) is 0 Å². The standard InChI is InChI=1S/C28H18ClN3/c29-26-17-25(31-28(32-26)20-7-2-1-3-8-20)19-15-13-18(14-16-19)21-10-6-11-23-22-9-4-5-12-24(22)30-27(21)23/h1-17,30H. The molecule has 2 aromatic heterocycles. The summed E-state index contributed by atoms with van der Waals surface area (Å²) in [5.74, 6) is 0.625. The zero-order valence-electron chi connectivity index (χ0n) is 17.1. The minimum Gasteiger partial charge on any atom is -0.354 e. The Morgan fingerprint density at radius 3 is 2.16 bits per heavy atom. The molecule has 0 unspecified atom stereocenters. The van der Waals surface area contributed by atoms with Crippen LogP contribution in [0.2, 0.25) is 5.15 Å². The van der Waals surface area contributed by atoms with Gasteiger partial charge in [0, 0.05) is 39.0 Å². The number of para-hydroxylation sites is 2. The Kier molecular flexibility index (Phi) is 4.48. The van der Waals surface area contributed by atoms with Gasteiger partial charge < -0.3 is 4.98 Å². The fraction of sp³-hybridized carbons (Fsp3) is 0. The van der Waals surface area contributed by atoms with E-state index in [2.05, 4.69) is 76.7 Å². The van der Waals surface area contributed by atoms with Crippen LogP contribution in [-0.2, 0) is 0 Å². The number of H-pyrrole nitrogens is 1. The average Bonchev–Trinajstić information content (AvgIpc) is 3.23. The molecule has 4 aromatic carbocycles. The van der Waals surface area contributed by atoms with Crippen molar-refractivity contribution < 1.29 is 0 Å². The van der Waals surface area contributed by atoms with Gasteiger partial charge in [-0.3, -0.25) is 0 Å². The summed E-state index contributed by atoms with van der Waals surface area (Å²) in [6, 6.07) is 35.0. The third-order valence-corrected chi connectivity index (χ3v) is 5.95. The van der Waals surface area contributed by atoms with Crippen LogP contribution in [0.25, 0.3) is 55.6 Å². The van der Waals surface area contributed by atoms with Gasteiger partial charge in [-0.15, -0.1) is 0 Å². The molecule has 0 fully saturated rings. The van der Waals surface area contributed by atoms with Gasteiger partial charge in [-0.2, -0.15) is 0 Å². The predicted octanol–water partition coefficient (Wildman–Crippen LogP) is 7.77. The Labute approximate surface area is 190 Å². The van der Waals surface area contributed by atoms with Crippen LogP contribution in [0.4, 0.5) is 0 Å². The highest BCUT2D eigenvalue weighted by Gasteiger charge is 2.11. The summed E-state index contributed by atoms with van der Waals surface area (Å²) in [5.41, 5.74) is 7.37. The van der Waals surface area contributed by atoms with E-state index in [1.165, 1.54) is 16.3 Å². The summed E-state index contributed by atoms with van der Waals surface area (Å²) in [7, 11) is 0. The lowest BCUT2D eigenvalue weighted by Crippen LogP contribution is -1.93. The molecule has 32 heavy (non-hydrogen) atoms. The number of aromatic amines is 1. The van der Waals surface area contributed by atoms with Crippen molar-refractivity contribution in [3.05, 3.63) is 108 Å². The number of hydrogen-bond acceptors (Lipinski definition) is 2. The highest BCUT2D eigenvalue weighted by molar-refractivity contribution is 6.29. The van der Waals surface area contributed by atoms with Crippen LogP contribution >= 0.6 is 11.6 Å². The Bertz CT molecular complexity index is 1570. The number of hydrogen-bond donors (Lipinski definition) is 1. The van der Waals surface area contributed by atoms with Gasteiger partial charge in [-0.05, 0) is 11.6 Å². The van der Waals surface area contributed by atoms with Gasteiger partial charge in [0.1, 0.15) is 5.15 Å². The maximum absolute atomic E-state index is 6.33. The quantitative estimate of drug-likeness (QED) is 0.291. The van der Waals surface area contributed by atoms with Crippen molar-refractivity contribution in [2.45, 2.75) is 0 Å². The molecule has 6 rings (SSSR count). The largest absolute Gasteiger partial charge is 0.354 e. The summed E-state index contributed by atoms with van der Waals surface area (Å²) in [5, 5.41) is 2.91. The fourth-order valence-corrected chi connectivity index (χ4v) is 4.40. The van der Waals surface area contributed by atoms with E-state index in [-0.39, 0.29) is 0 Å². The highest BCUT2D eigenvalue weighted by atomic mass is 35.5. The average molecular weight is 432 g/mol. The van der Waals surface area contributed by atoms with Crippen molar-refractivity contribution in [1.29, 1.82) is 0 Å². The number of halogens is 1. The molecule has 0 aliphatic heterocycles. The Morgan fingerprint density at radius 2 is 1.31 bits per heavy atom.